The zero-order chi connectivity index (χ0) is 12.7. The highest BCUT2D eigenvalue weighted by molar-refractivity contribution is 8.13. The predicted molar refractivity (Wildman–Crippen MR) is 70.6 cm³/mol. The summed E-state index contributed by atoms with van der Waals surface area (Å²) in [5.41, 5.74) is 1.40. The van der Waals surface area contributed by atoms with Crippen LogP contribution >= 0.6 is 11.8 Å². The first-order valence-electron chi connectivity index (χ1n) is 5.10. The van der Waals surface area contributed by atoms with E-state index in [1.807, 2.05) is 18.2 Å². The molecule has 0 saturated carbocycles. The van der Waals surface area contributed by atoms with Crippen LogP contribution in [0.4, 0.5) is 0 Å². The molecule has 0 fully saturated rings. The van der Waals surface area contributed by atoms with E-state index in [4.69, 9.17) is 4.74 Å². The normalized spacial score (nSPS) is 10.5. The Morgan fingerprint density at radius 1 is 1.41 bits per heavy atom. The van der Waals surface area contributed by atoms with Crippen molar-refractivity contribution in [3.05, 3.63) is 35.4 Å². The van der Waals surface area contributed by atoms with Crippen LogP contribution in [0.1, 0.15) is 22.8 Å². The van der Waals surface area contributed by atoms with Crippen LogP contribution < -0.4 is 4.74 Å². The summed E-state index contributed by atoms with van der Waals surface area (Å²) in [7, 11) is 1.56. The van der Waals surface area contributed by atoms with Gasteiger partial charge in [-0.1, -0.05) is 30.0 Å². The van der Waals surface area contributed by atoms with Crippen molar-refractivity contribution in [2.75, 3.05) is 12.9 Å². The summed E-state index contributed by atoms with van der Waals surface area (Å²) in [6.45, 7) is 1.53. The van der Waals surface area contributed by atoms with Crippen LogP contribution in [0.25, 0.3) is 6.08 Å². The quantitative estimate of drug-likeness (QED) is 0.754. The van der Waals surface area contributed by atoms with E-state index in [-0.39, 0.29) is 5.12 Å². The summed E-state index contributed by atoms with van der Waals surface area (Å²) in [5, 5.41) is 0.0833. The van der Waals surface area contributed by atoms with Crippen LogP contribution in [0.3, 0.4) is 0 Å². The van der Waals surface area contributed by atoms with Crippen LogP contribution in [-0.2, 0) is 4.79 Å². The largest absolute Gasteiger partial charge is 0.497 e. The smallest absolute Gasteiger partial charge is 0.186 e. The Labute approximate surface area is 105 Å². The van der Waals surface area contributed by atoms with Gasteiger partial charge < -0.3 is 4.74 Å². The maximum Gasteiger partial charge on any atom is 0.186 e. The van der Waals surface area contributed by atoms with Crippen molar-refractivity contribution < 1.29 is 14.3 Å². The molecule has 0 N–H and O–H groups in total. The van der Waals surface area contributed by atoms with Crippen molar-refractivity contribution in [3.63, 3.8) is 0 Å². The molecule has 0 saturated heterocycles. The van der Waals surface area contributed by atoms with Crippen molar-refractivity contribution in [2.24, 2.45) is 0 Å². The fourth-order valence-corrected chi connectivity index (χ4v) is 1.70. The van der Waals surface area contributed by atoms with Crippen molar-refractivity contribution in [2.45, 2.75) is 6.92 Å². The van der Waals surface area contributed by atoms with E-state index >= 15 is 0 Å². The molecule has 0 aliphatic heterocycles. The number of rotatable bonds is 5. The number of hydrogen-bond acceptors (Lipinski definition) is 4. The topological polar surface area (TPSA) is 43.4 Å². The van der Waals surface area contributed by atoms with Gasteiger partial charge in [0.25, 0.3) is 0 Å². The second-order valence-corrected chi connectivity index (χ2v) is 4.51. The van der Waals surface area contributed by atoms with Gasteiger partial charge in [0, 0.05) is 18.2 Å². The standard InChI is InChI=1S/C13H14O3S/c1-10(15)17-7-3-4-11-5-6-13(16-2)8-12(11)9-14/h3-6,8-9H,7H2,1-2H3. The molecule has 1 rings (SSSR count). The first kappa shape index (κ1) is 13.5. The van der Waals surface area contributed by atoms with Crippen LogP contribution in [-0.4, -0.2) is 24.3 Å². The van der Waals surface area contributed by atoms with Crippen molar-refractivity contribution >= 4 is 29.2 Å². The van der Waals surface area contributed by atoms with Gasteiger partial charge in [-0.2, -0.15) is 0 Å². The molecule has 0 unspecified atom stereocenters. The molecule has 0 heterocycles. The maximum atomic E-state index is 10.9. The predicted octanol–water partition coefficient (Wildman–Crippen LogP) is 2.80. The van der Waals surface area contributed by atoms with Gasteiger partial charge in [-0.15, -0.1) is 0 Å². The molecule has 0 atom stereocenters. The lowest BCUT2D eigenvalue weighted by Crippen LogP contribution is -1.90. The Bertz CT molecular complexity index is 438. The molecule has 4 heteroatoms. The zero-order valence-corrected chi connectivity index (χ0v) is 10.6. The van der Waals surface area contributed by atoms with Gasteiger partial charge in [-0.3, -0.25) is 9.59 Å². The number of methoxy groups -OCH3 is 1. The van der Waals surface area contributed by atoms with Gasteiger partial charge in [0.15, 0.2) is 11.4 Å². The summed E-state index contributed by atoms with van der Waals surface area (Å²) < 4.78 is 5.04. The number of carbonyl (C=O) groups is 2. The Balaban J connectivity index is 2.76. The third kappa shape index (κ3) is 4.44. The van der Waals surface area contributed by atoms with Gasteiger partial charge in [0.1, 0.15) is 5.75 Å². The van der Waals surface area contributed by atoms with Gasteiger partial charge in [0.05, 0.1) is 7.11 Å². The number of thioether (sulfide) groups is 1. The van der Waals surface area contributed by atoms with Crippen LogP contribution in [0.5, 0.6) is 5.75 Å². The molecule has 0 aliphatic carbocycles. The minimum Gasteiger partial charge on any atom is -0.497 e. The molecular weight excluding hydrogens is 236 g/mol. The third-order valence-corrected chi connectivity index (χ3v) is 2.87. The fraction of sp³-hybridized carbons (Fsp3) is 0.231. The first-order chi connectivity index (χ1) is 8.17. The lowest BCUT2D eigenvalue weighted by atomic mass is 10.1. The van der Waals surface area contributed by atoms with Crippen molar-refractivity contribution in [1.82, 2.24) is 0 Å². The SMILES string of the molecule is COc1ccc(C=CCSC(C)=O)c(C=O)c1. The lowest BCUT2D eigenvalue weighted by molar-refractivity contribution is -0.109. The number of aldehydes is 1. The van der Waals surface area contributed by atoms with E-state index in [0.29, 0.717) is 17.1 Å². The molecule has 0 aromatic heterocycles. The lowest BCUT2D eigenvalue weighted by Gasteiger charge is -2.03. The second-order valence-electron chi connectivity index (χ2n) is 3.32. The van der Waals surface area contributed by atoms with Gasteiger partial charge >= 0.3 is 0 Å². The molecule has 1 aromatic carbocycles. The van der Waals surface area contributed by atoms with E-state index in [1.54, 1.807) is 19.2 Å². The molecule has 17 heavy (non-hydrogen) atoms. The van der Waals surface area contributed by atoms with Crippen LogP contribution in [0.2, 0.25) is 0 Å². The number of carbonyl (C=O) groups excluding carboxylic acids is 2. The van der Waals surface area contributed by atoms with Crippen molar-refractivity contribution in [3.8, 4) is 5.75 Å². The summed E-state index contributed by atoms with van der Waals surface area (Å²) in [6, 6.07) is 5.30. The van der Waals surface area contributed by atoms with Crippen LogP contribution in [0.15, 0.2) is 24.3 Å². The molecule has 90 valence electrons. The Morgan fingerprint density at radius 3 is 2.76 bits per heavy atom. The number of ether oxygens (including phenoxy) is 1. The van der Waals surface area contributed by atoms with E-state index in [1.165, 1.54) is 18.7 Å². The molecule has 0 bridgehead atoms. The monoisotopic (exact) mass is 250 g/mol. The molecule has 0 spiro atoms. The Morgan fingerprint density at radius 2 is 2.18 bits per heavy atom. The average Bonchev–Trinajstić information content (AvgIpc) is 2.34. The molecule has 0 radical (unpaired) electrons. The van der Waals surface area contributed by atoms with Gasteiger partial charge in [-0.05, 0) is 17.7 Å². The average molecular weight is 250 g/mol. The number of hydrogen-bond donors (Lipinski definition) is 0. The summed E-state index contributed by atoms with van der Waals surface area (Å²) >= 11 is 1.23. The fourth-order valence-electron chi connectivity index (χ4n) is 1.27. The maximum absolute atomic E-state index is 10.9. The third-order valence-electron chi connectivity index (χ3n) is 2.10. The zero-order valence-electron chi connectivity index (χ0n) is 9.80. The minimum absolute atomic E-state index is 0.0833. The van der Waals surface area contributed by atoms with Gasteiger partial charge in [0.2, 0.25) is 0 Å². The van der Waals surface area contributed by atoms with E-state index in [2.05, 4.69) is 0 Å². The Hall–Kier alpha value is -1.55. The molecule has 0 aliphatic rings. The van der Waals surface area contributed by atoms with Gasteiger partial charge in [-0.25, -0.2) is 0 Å². The van der Waals surface area contributed by atoms with Crippen LogP contribution in [0, 0.1) is 0 Å². The summed E-state index contributed by atoms with van der Waals surface area (Å²) in [5.74, 6) is 1.27. The highest BCUT2D eigenvalue weighted by Gasteiger charge is 2.00. The Kier molecular flexibility index (Phi) is 5.49. The second kappa shape index (κ2) is 6.91. The van der Waals surface area contributed by atoms with E-state index in [0.717, 1.165) is 11.8 Å². The highest BCUT2D eigenvalue weighted by Crippen LogP contribution is 2.17. The first-order valence-corrected chi connectivity index (χ1v) is 6.09. The molecular formula is C13H14O3S. The number of benzene rings is 1. The highest BCUT2D eigenvalue weighted by atomic mass is 32.2. The summed E-state index contributed by atoms with van der Waals surface area (Å²) in [4.78, 5) is 21.6. The molecule has 0 amide bonds. The minimum atomic E-state index is 0.0833. The molecule has 3 nitrogen and oxygen atoms in total. The molecule has 1 aromatic rings. The van der Waals surface area contributed by atoms with E-state index in [9.17, 15) is 9.59 Å². The summed E-state index contributed by atoms with van der Waals surface area (Å²) in [6.07, 6.45) is 4.49. The van der Waals surface area contributed by atoms with Crippen molar-refractivity contribution in [1.29, 1.82) is 0 Å². The van der Waals surface area contributed by atoms with E-state index < -0.39 is 0 Å².